The van der Waals surface area contributed by atoms with Crippen molar-refractivity contribution in [2.75, 3.05) is 13.2 Å². The molecule has 5 rings (SSSR count). The van der Waals surface area contributed by atoms with Gasteiger partial charge in [-0.05, 0) is 74.7 Å². The van der Waals surface area contributed by atoms with E-state index in [0.717, 1.165) is 25.7 Å². The number of hydrogen-bond donors (Lipinski definition) is 1. The van der Waals surface area contributed by atoms with Gasteiger partial charge in [0.15, 0.2) is 11.6 Å². The molecule has 4 fully saturated rings. The van der Waals surface area contributed by atoms with Crippen molar-refractivity contribution in [2.24, 2.45) is 28.6 Å². The van der Waals surface area contributed by atoms with Crippen LogP contribution in [-0.2, 0) is 23.8 Å². The Kier molecular flexibility index (Phi) is 4.88. The Bertz CT molecular complexity index is 836. The van der Waals surface area contributed by atoms with Gasteiger partial charge in [0.05, 0.1) is 6.10 Å². The Morgan fingerprint density at radius 2 is 1.94 bits per heavy atom. The molecule has 5 aliphatic rings. The van der Waals surface area contributed by atoms with Gasteiger partial charge in [0.25, 0.3) is 5.97 Å². The number of aliphatic hydroxyl groups excluding tert-OH is 1. The smallest absolute Gasteiger partial charge is 0.281 e. The van der Waals surface area contributed by atoms with Crippen LogP contribution in [0.2, 0.25) is 0 Å². The molecule has 4 aliphatic carbocycles. The van der Waals surface area contributed by atoms with Crippen LogP contribution >= 0.6 is 0 Å². The maximum absolute atomic E-state index is 13.3. The van der Waals surface area contributed by atoms with Crippen molar-refractivity contribution in [1.82, 2.24) is 0 Å². The number of hydrogen-bond acceptors (Lipinski definition) is 6. The average molecular weight is 433 g/mol. The second-order valence-electron chi connectivity index (χ2n) is 11.1. The van der Waals surface area contributed by atoms with Crippen molar-refractivity contribution >= 4 is 11.6 Å². The Labute approximate surface area is 184 Å². The van der Waals surface area contributed by atoms with E-state index in [9.17, 15) is 14.7 Å². The van der Waals surface area contributed by atoms with Crippen LogP contribution in [0.4, 0.5) is 0 Å². The normalized spacial score (nSPS) is 51.8. The molecule has 172 valence electrons. The highest BCUT2D eigenvalue weighted by Crippen LogP contribution is 2.69. The summed E-state index contributed by atoms with van der Waals surface area (Å²) in [6.45, 7) is 8.45. The van der Waals surface area contributed by atoms with E-state index >= 15 is 0 Å². The summed E-state index contributed by atoms with van der Waals surface area (Å²) < 4.78 is 17.9. The molecule has 0 radical (unpaired) electrons. The summed E-state index contributed by atoms with van der Waals surface area (Å²) >= 11 is 0. The van der Waals surface area contributed by atoms with Gasteiger partial charge >= 0.3 is 0 Å². The minimum Gasteiger partial charge on any atom is -0.393 e. The summed E-state index contributed by atoms with van der Waals surface area (Å²) in [6.07, 6.45) is 6.66. The van der Waals surface area contributed by atoms with Crippen molar-refractivity contribution in [3.8, 4) is 0 Å². The maximum atomic E-state index is 13.3. The van der Waals surface area contributed by atoms with E-state index in [1.807, 2.05) is 13.0 Å². The van der Waals surface area contributed by atoms with E-state index in [2.05, 4.69) is 13.8 Å². The maximum Gasteiger partial charge on any atom is 0.281 e. The van der Waals surface area contributed by atoms with E-state index in [-0.39, 0.29) is 29.5 Å². The van der Waals surface area contributed by atoms with E-state index < -0.39 is 23.1 Å². The number of carbonyl (C=O) groups is 2. The van der Waals surface area contributed by atoms with Crippen LogP contribution < -0.4 is 0 Å². The monoisotopic (exact) mass is 432 g/mol. The van der Waals surface area contributed by atoms with Crippen LogP contribution in [0.5, 0.6) is 0 Å². The number of ketones is 2. The van der Waals surface area contributed by atoms with E-state index in [0.29, 0.717) is 37.7 Å². The SMILES string of the molecule is CCO[C@]1(C)OCC(=O)[C@@]2(CC[C@H]3[C@@H]4CCC5=CC(=O)CC[C@]5(C)[C@H]4[C@@H](O)C[C@@]32C)O1. The van der Waals surface area contributed by atoms with Crippen molar-refractivity contribution in [2.45, 2.75) is 90.3 Å². The number of ether oxygens (including phenoxy) is 3. The van der Waals surface area contributed by atoms with Crippen LogP contribution in [0.3, 0.4) is 0 Å². The topological polar surface area (TPSA) is 82.1 Å². The number of allylic oxidation sites excluding steroid dienone is 1. The van der Waals surface area contributed by atoms with Crippen LogP contribution in [0, 0.1) is 28.6 Å². The molecule has 0 bridgehead atoms. The first kappa shape index (κ1) is 21.7. The summed E-state index contributed by atoms with van der Waals surface area (Å²) in [5, 5.41) is 11.6. The summed E-state index contributed by atoms with van der Waals surface area (Å²) in [6, 6.07) is 0. The second kappa shape index (κ2) is 6.96. The van der Waals surface area contributed by atoms with Crippen molar-refractivity contribution in [3.63, 3.8) is 0 Å². The molecule has 8 atom stereocenters. The minimum absolute atomic E-state index is 0.0181. The van der Waals surface area contributed by atoms with Crippen LogP contribution in [0.25, 0.3) is 0 Å². The first-order chi connectivity index (χ1) is 14.6. The highest BCUT2D eigenvalue weighted by atomic mass is 16.9. The summed E-state index contributed by atoms with van der Waals surface area (Å²) in [4.78, 5) is 25.4. The molecule has 6 heteroatoms. The first-order valence-corrected chi connectivity index (χ1v) is 12.0. The van der Waals surface area contributed by atoms with Gasteiger partial charge in [-0.2, -0.15) is 0 Å². The van der Waals surface area contributed by atoms with Crippen molar-refractivity contribution in [3.05, 3.63) is 11.6 Å². The molecular weight excluding hydrogens is 396 g/mol. The fraction of sp³-hybridized carbons (Fsp3) is 0.840. The fourth-order valence-electron chi connectivity index (χ4n) is 8.35. The van der Waals surface area contributed by atoms with Crippen LogP contribution in [0.15, 0.2) is 11.6 Å². The molecule has 1 heterocycles. The van der Waals surface area contributed by atoms with E-state index in [1.165, 1.54) is 5.57 Å². The molecule has 1 N–H and O–H groups in total. The summed E-state index contributed by atoms with van der Waals surface area (Å²) in [5.41, 5.74) is -0.351. The van der Waals surface area contributed by atoms with Gasteiger partial charge in [-0.3, -0.25) is 9.59 Å². The molecule has 3 saturated carbocycles. The van der Waals surface area contributed by atoms with E-state index in [1.54, 1.807) is 6.92 Å². The summed E-state index contributed by atoms with van der Waals surface area (Å²) in [5.74, 6) is -0.294. The van der Waals surface area contributed by atoms with Gasteiger partial charge in [0.2, 0.25) is 0 Å². The van der Waals surface area contributed by atoms with Gasteiger partial charge in [-0.1, -0.05) is 19.4 Å². The number of aliphatic hydroxyl groups is 1. The second-order valence-corrected chi connectivity index (χ2v) is 11.1. The van der Waals surface area contributed by atoms with E-state index in [4.69, 9.17) is 14.2 Å². The zero-order chi connectivity index (χ0) is 22.2. The summed E-state index contributed by atoms with van der Waals surface area (Å²) in [7, 11) is 0. The molecule has 1 saturated heterocycles. The van der Waals surface area contributed by atoms with Gasteiger partial charge in [-0.15, -0.1) is 0 Å². The molecule has 0 unspecified atom stereocenters. The number of fused-ring (bicyclic) bond motifs is 6. The van der Waals surface area contributed by atoms with Crippen LogP contribution in [0.1, 0.15) is 72.6 Å². The third-order valence-corrected chi connectivity index (χ3v) is 9.70. The third-order valence-electron chi connectivity index (χ3n) is 9.70. The highest BCUT2D eigenvalue weighted by Gasteiger charge is 2.71. The number of rotatable bonds is 2. The predicted molar refractivity (Wildman–Crippen MR) is 113 cm³/mol. The average Bonchev–Trinajstić information content (AvgIpc) is 2.98. The molecule has 0 aromatic carbocycles. The van der Waals surface area contributed by atoms with Gasteiger partial charge in [-0.25, -0.2) is 0 Å². The third kappa shape index (κ3) is 2.84. The van der Waals surface area contributed by atoms with Crippen molar-refractivity contribution in [1.29, 1.82) is 0 Å². The molecular formula is C25H36O6. The lowest BCUT2D eigenvalue weighted by molar-refractivity contribution is -0.420. The predicted octanol–water partition coefficient (Wildman–Crippen LogP) is 3.55. The zero-order valence-corrected chi connectivity index (χ0v) is 19.2. The molecule has 31 heavy (non-hydrogen) atoms. The zero-order valence-electron chi connectivity index (χ0n) is 19.2. The van der Waals surface area contributed by atoms with Gasteiger partial charge in [0, 0.05) is 25.4 Å². The molecule has 1 aliphatic heterocycles. The lowest BCUT2D eigenvalue weighted by Crippen LogP contribution is -2.67. The minimum atomic E-state index is -1.24. The molecule has 0 aromatic rings. The molecule has 0 amide bonds. The molecule has 6 nitrogen and oxygen atoms in total. The fourth-order valence-corrected chi connectivity index (χ4v) is 8.35. The first-order valence-electron chi connectivity index (χ1n) is 12.0. The number of carbonyl (C=O) groups excluding carboxylic acids is 2. The lowest BCUT2D eigenvalue weighted by Gasteiger charge is -2.61. The van der Waals surface area contributed by atoms with Crippen molar-refractivity contribution < 1.29 is 28.9 Å². The molecule has 1 spiro atoms. The van der Waals surface area contributed by atoms with Gasteiger partial charge < -0.3 is 19.3 Å². The lowest BCUT2D eigenvalue weighted by atomic mass is 9.45. The molecule has 0 aromatic heterocycles. The standard InChI is InChI=1S/C25H36O6/c1-5-29-24(4)30-14-20(28)25(31-24)11-9-18-17-7-6-15-12-16(26)8-10-22(15,2)21(17)19(27)13-23(18,25)3/h12,17-19,21,27H,5-11,13-14H2,1-4H3/t17-,18-,19-,21+,22-,23-,24+,25+/m0/s1. The Hall–Kier alpha value is -1.08. The van der Waals surface area contributed by atoms with Gasteiger partial charge in [0.1, 0.15) is 12.2 Å². The quantitative estimate of drug-likeness (QED) is 0.719. The highest BCUT2D eigenvalue weighted by molar-refractivity contribution is 5.92. The Balaban J connectivity index is 1.52. The largest absolute Gasteiger partial charge is 0.393 e. The Morgan fingerprint density at radius 3 is 2.68 bits per heavy atom. The Morgan fingerprint density at radius 1 is 1.16 bits per heavy atom. The number of Topliss-reactive ketones (excluding diaryl/α,β-unsaturated/α-hetero) is 1. The van der Waals surface area contributed by atoms with Crippen LogP contribution in [-0.4, -0.2) is 47.6 Å².